The number of alkyl halides is 2. The Morgan fingerprint density at radius 2 is 1.55 bits per heavy atom. The van der Waals surface area contributed by atoms with Crippen molar-refractivity contribution in [1.29, 1.82) is 0 Å². The van der Waals surface area contributed by atoms with Crippen LogP contribution in [0.15, 0.2) is 0 Å². The summed E-state index contributed by atoms with van der Waals surface area (Å²) >= 11 is 5.13. The van der Waals surface area contributed by atoms with E-state index >= 15 is 0 Å². The number of hydrogen-bond acceptors (Lipinski definition) is 8. The molecule has 126 valence electrons. The predicted octanol–water partition coefficient (Wildman–Crippen LogP) is 1.11. The molecule has 0 spiro atoms. The van der Waals surface area contributed by atoms with Crippen molar-refractivity contribution in [1.82, 2.24) is 0 Å². The maximum Gasteiger partial charge on any atom is 0.303 e. The molecule has 8 nitrogen and oxygen atoms in total. The quantitative estimate of drug-likeness (QED) is 0.154. The van der Waals surface area contributed by atoms with Crippen LogP contribution in [0.2, 0.25) is 0 Å². The van der Waals surface area contributed by atoms with Gasteiger partial charge in [-0.05, 0) is 0 Å². The summed E-state index contributed by atoms with van der Waals surface area (Å²) in [4.78, 5) is 44.0. The van der Waals surface area contributed by atoms with E-state index in [9.17, 15) is 19.2 Å². The number of hydrogen-bond donors (Lipinski definition) is 0. The second kappa shape index (κ2) is 10.8. The lowest BCUT2D eigenvalue weighted by atomic mass is 10.1. The Morgan fingerprint density at radius 3 is 1.91 bits per heavy atom. The summed E-state index contributed by atoms with van der Waals surface area (Å²) in [5, 5.41) is 0. The molecule has 10 heteroatoms. The smallest absolute Gasteiger partial charge is 0.303 e. The van der Waals surface area contributed by atoms with Crippen molar-refractivity contribution >= 4 is 62.9 Å². The van der Waals surface area contributed by atoms with E-state index in [1.807, 2.05) is 22.6 Å². The lowest BCUT2D eigenvalue weighted by Crippen LogP contribution is -2.49. The number of esters is 3. The summed E-state index contributed by atoms with van der Waals surface area (Å²) in [5.41, 5.74) is 0. The lowest BCUT2D eigenvalue weighted by Gasteiger charge is -2.31. The molecule has 0 N–H and O–H groups in total. The molecule has 0 heterocycles. The number of ether oxygens (including phenoxy) is 4. The third-order valence-electron chi connectivity index (χ3n) is 2.22. The highest BCUT2D eigenvalue weighted by atomic mass is 127. The van der Waals surface area contributed by atoms with Gasteiger partial charge in [0.25, 0.3) is 6.47 Å². The second-order valence-electron chi connectivity index (χ2n) is 4.06. The molecule has 0 amide bonds. The molecule has 0 bridgehead atoms. The van der Waals surface area contributed by atoms with Crippen LogP contribution in [-0.4, -0.2) is 52.1 Å². The summed E-state index contributed by atoms with van der Waals surface area (Å²) in [6, 6.07) is 0. The molecule has 22 heavy (non-hydrogen) atoms. The summed E-state index contributed by atoms with van der Waals surface area (Å²) in [6.07, 6.45) is -3.22. The standard InChI is InChI=1S/C12H16BrIO8/c1-6(16)19-4-9(20-5-15)10(21-7(2)17)11(12(13)14)22-8(3)18/h5,9-12H,4H2,1-3H3/t9-,10-,11+,12?/m1/s1. The van der Waals surface area contributed by atoms with Gasteiger partial charge in [-0.3, -0.25) is 19.2 Å². The Kier molecular flexibility index (Phi) is 10.3. The maximum absolute atomic E-state index is 11.3. The maximum atomic E-state index is 11.3. The number of rotatable bonds is 9. The van der Waals surface area contributed by atoms with Gasteiger partial charge in [-0.2, -0.15) is 0 Å². The van der Waals surface area contributed by atoms with Crippen molar-refractivity contribution in [2.75, 3.05) is 6.61 Å². The van der Waals surface area contributed by atoms with Gasteiger partial charge < -0.3 is 18.9 Å². The monoisotopic (exact) mass is 494 g/mol. The van der Waals surface area contributed by atoms with E-state index in [1.165, 1.54) is 13.8 Å². The van der Waals surface area contributed by atoms with E-state index in [0.29, 0.717) is 0 Å². The van der Waals surface area contributed by atoms with Gasteiger partial charge in [0.1, 0.15) is 9.44 Å². The Hall–Kier alpha value is -0.910. The average Bonchev–Trinajstić information content (AvgIpc) is 2.37. The number of carbonyl (C=O) groups excluding carboxylic acids is 4. The highest BCUT2D eigenvalue weighted by molar-refractivity contribution is 14.1. The molecule has 0 aliphatic carbocycles. The van der Waals surface area contributed by atoms with E-state index in [1.54, 1.807) is 0 Å². The summed E-state index contributed by atoms with van der Waals surface area (Å²) < 4.78 is 19.3. The molecule has 0 aromatic heterocycles. The van der Waals surface area contributed by atoms with Crippen LogP contribution in [0.5, 0.6) is 0 Å². The van der Waals surface area contributed by atoms with Gasteiger partial charge in [-0.15, -0.1) is 0 Å². The summed E-state index contributed by atoms with van der Waals surface area (Å²) in [5.74, 6) is -1.88. The number of halogens is 2. The van der Waals surface area contributed by atoms with E-state index in [-0.39, 0.29) is 13.1 Å². The SMILES string of the molecule is CC(=O)OC[C@@H](OC=O)[C@@H](OC(C)=O)[C@H](OC(C)=O)C(Br)I. The van der Waals surface area contributed by atoms with E-state index < -0.39 is 39.1 Å². The van der Waals surface area contributed by atoms with Crippen LogP contribution in [-0.2, 0) is 38.1 Å². The van der Waals surface area contributed by atoms with Crippen LogP contribution in [0.3, 0.4) is 0 Å². The predicted molar refractivity (Wildman–Crippen MR) is 85.4 cm³/mol. The molecule has 0 fully saturated rings. The van der Waals surface area contributed by atoms with Crippen LogP contribution in [0.4, 0.5) is 0 Å². The fraction of sp³-hybridized carbons (Fsp3) is 0.667. The largest absolute Gasteiger partial charge is 0.462 e. The Morgan fingerprint density at radius 1 is 1.05 bits per heavy atom. The van der Waals surface area contributed by atoms with Crippen molar-refractivity contribution in [2.24, 2.45) is 0 Å². The van der Waals surface area contributed by atoms with Gasteiger partial charge in [0.15, 0.2) is 18.3 Å². The second-order valence-corrected chi connectivity index (χ2v) is 8.10. The van der Waals surface area contributed by atoms with Gasteiger partial charge in [0.2, 0.25) is 0 Å². The Labute approximate surface area is 149 Å². The third-order valence-corrected chi connectivity index (χ3v) is 3.45. The van der Waals surface area contributed by atoms with Gasteiger partial charge in [-0.1, -0.05) is 38.5 Å². The molecule has 0 rings (SSSR count). The average molecular weight is 495 g/mol. The van der Waals surface area contributed by atoms with Crippen molar-refractivity contribution in [2.45, 2.75) is 41.9 Å². The molecule has 0 saturated carbocycles. The molecule has 0 radical (unpaired) electrons. The van der Waals surface area contributed by atoms with Gasteiger partial charge >= 0.3 is 17.9 Å². The lowest BCUT2D eigenvalue weighted by molar-refractivity contribution is -0.183. The van der Waals surface area contributed by atoms with Crippen LogP contribution >= 0.6 is 38.5 Å². The zero-order valence-electron chi connectivity index (χ0n) is 12.1. The minimum atomic E-state index is -1.15. The first-order valence-corrected chi connectivity index (χ1v) is 8.20. The number of carbonyl (C=O) groups is 4. The molecule has 0 aliphatic rings. The Bertz CT molecular complexity index is 414. The Balaban J connectivity index is 5.37. The summed E-state index contributed by atoms with van der Waals surface area (Å²) in [7, 11) is 0. The van der Waals surface area contributed by atoms with Gasteiger partial charge in [0, 0.05) is 20.8 Å². The first kappa shape index (κ1) is 21.1. The first-order chi connectivity index (χ1) is 10.2. The van der Waals surface area contributed by atoms with Crippen LogP contribution in [0.1, 0.15) is 20.8 Å². The first-order valence-electron chi connectivity index (χ1n) is 6.04. The van der Waals surface area contributed by atoms with E-state index in [2.05, 4.69) is 15.9 Å². The minimum absolute atomic E-state index is 0.131. The van der Waals surface area contributed by atoms with E-state index in [4.69, 9.17) is 18.9 Å². The zero-order valence-corrected chi connectivity index (χ0v) is 15.9. The molecule has 4 atom stereocenters. The molecule has 0 saturated heterocycles. The molecule has 0 aromatic rings. The minimum Gasteiger partial charge on any atom is -0.462 e. The third kappa shape index (κ3) is 8.51. The van der Waals surface area contributed by atoms with Gasteiger partial charge in [0.05, 0.1) is 0 Å². The van der Waals surface area contributed by atoms with Crippen LogP contribution < -0.4 is 0 Å². The highest BCUT2D eigenvalue weighted by Gasteiger charge is 2.40. The molecule has 1 unspecified atom stereocenters. The van der Waals surface area contributed by atoms with Gasteiger partial charge in [-0.25, -0.2) is 0 Å². The fourth-order valence-corrected chi connectivity index (χ4v) is 2.45. The highest BCUT2D eigenvalue weighted by Crippen LogP contribution is 2.25. The fourth-order valence-electron chi connectivity index (χ4n) is 1.48. The van der Waals surface area contributed by atoms with E-state index in [0.717, 1.165) is 6.92 Å². The van der Waals surface area contributed by atoms with Crippen molar-refractivity contribution < 1.29 is 38.1 Å². The normalized spacial score (nSPS) is 15.7. The van der Waals surface area contributed by atoms with Crippen molar-refractivity contribution in [3.63, 3.8) is 0 Å². The summed E-state index contributed by atoms with van der Waals surface area (Å²) in [6.45, 7) is 3.30. The van der Waals surface area contributed by atoms with Crippen LogP contribution in [0, 0.1) is 0 Å². The molecular formula is C12H16BrIO8. The molecule has 0 aliphatic heterocycles. The molecular weight excluding hydrogens is 479 g/mol. The van der Waals surface area contributed by atoms with Crippen molar-refractivity contribution in [3.05, 3.63) is 0 Å². The zero-order chi connectivity index (χ0) is 17.3. The van der Waals surface area contributed by atoms with Crippen LogP contribution in [0.25, 0.3) is 0 Å². The topological polar surface area (TPSA) is 105 Å². The molecule has 0 aromatic carbocycles. The van der Waals surface area contributed by atoms with Crippen molar-refractivity contribution in [3.8, 4) is 0 Å².